The molecule has 7 atom stereocenters. The second kappa shape index (κ2) is 9.53. The highest BCUT2D eigenvalue weighted by Crippen LogP contribution is 2.35. The summed E-state index contributed by atoms with van der Waals surface area (Å²) in [6, 6.07) is 2.83. The number of aliphatic imine (C=N–C) groups is 1. The van der Waals surface area contributed by atoms with Gasteiger partial charge in [0.2, 0.25) is 6.17 Å². The molecule has 18 nitrogen and oxygen atoms in total. The van der Waals surface area contributed by atoms with Crippen LogP contribution in [0.4, 0.5) is 34.1 Å². The van der Waals surface area contributed by atoms with Gasteiger partial charge in [0.05, 0.1) is 24.3 Å². The van der Waals surface area contributed by atoms with Gasteiger partial charge in [0.25, 0.3) is 0 Å². The summed E-state index contributed by atoms with van der Waals surface area (Å²) in [6.45, 7) is 0. The second-order valence-corrected chi connectivity index (χ2v) is 7.00. The van der Waals surface area contributed by atoms with Gasteiger partial charge in [0.1, 0.15) is 10.7 Å². The zero-order valence-corrected chi connectivity index (χ0v) is 16.7. The van der Waals surface area contributed by atoms with E-state index in [0.717, 1.165) is 12.1 Å². The van der Waals surface area contributed by atoms with Crippen LogP contribution in [-0.4, -0.2) is 31.2 Å². The Kier molecular flexibility index (Phi) is 7.32. The molecule has 0 saturated heterocycles. The molecular weight excluding hydrogens is 478 g/mol. The van der Waals surface area contributed by atoms with Crippen LogP contribution in [0.5, 0.6) is 0 Å². The van der Waals surface area contributed by atoms with Gasteiger partial charge in [-0.15, -0.1) is 0 Å². The molecule has 0 bridgehead atoms. The van der Waals surface area contributed by atoms with Crippen molar-refractivity contribution in [2.45, 2.75) is 6.17 Å². The van der Waals surface area contributed by atoms with E-state index in [1.807, 2.05) is 0 Å². The molecule has 0 radical (unpaired) electrons. The lowest BCUT2D eigenvalue weighted by Crippen LogP contribution is -3.07. The Balaban J connectivity index is 2.32. The van der Waals surface area contributed by atoms with Crippen LogP contribution in [0.3, 0.4) is 0 Å². The van der Waals surface area contributed by atoms with Crippen LogP contribution in [0.25, 0.3) is 0 Å². The fourth-order valence-corrected chi connectivity index (χ4v) is 3.66. The predicted molar refractivity (Wildman–Crippen MR) is 101 cm³/mol. The quantitative estimate of drug-likeness (QED) is 0.133. The van der Waals surface area contributed by atoms with Crippen molar-refractivity contribution in [1.29, 1.82) is 0 Å². The Hall–Kier alpha value is -2.28. The number of nitrogens with zero attached hydrogens (tertiary/aromatic N) is 1. The number of hydroxylamine groups is 1. The molecule has 1 heterocycles. The molecule has 11 N–H and O–H groups in total. The third-order valence-electron chi connectivity index (χ3n) is 4.74. The minimum atomic E-state index is -1.93. The molecule has 0 spiro atoms. The van der Waals surface area contributed by atoms with Crippen LogP contribution in [0.2, 0.25) is 0 Å². The van der Waals surface area contributed by atoms with E-state index < -0.39 is 87.8 Å². The van der Waals surface area contributed by atoms with E-state index in [0.29, 0.717) is 12.1 Å². The SMILES string of the molecule is [O-][NH+](O)c1cc([NH+]([O-])O)c(C2N=C(Cl)c3c([NH+]([O-])O)cc([NH+]([O-])O)cc3[NH+]2[O-])c([NH+]([O-])O)c1. The number of benzene rings is 2. The number of halogens is 1. The molecule has 180 valence electrons. The molecule has 0 fully saturated rings. The van der Waals surface area contributed by atoms with Gasteiger partial charge in [0.15, 0.2) is 39.7 Å². The first-order valence-corrected chi connectivity index (χ1v) is 9.03. The van der Waals surface area contributed by atoms with E-state index in [-0.39, 0.29) is 0 Å². The monoisotopic (exact) mass is 493 g/mol. The first-order chi connectivity index (χ1) is 15.3. The average molecular weight is 494 g/mol. The lowest BCUT2D eigenvalue weighted by molar-refractivity contribution is -1.00. The minimum absolute atomic E-state index is 0.425. The molecule has 33 heavy (non-hydrogen) atoms. The van der Waals surface area contributed by atoms with E-state index in [1.165, 1.54) is 0 Å². The summed E-state index contributed by atoms with van der Waals surface area (Å²) in [4.78, 5) is 3.80. The summed E-state index contributed by atoms with van der Waals surface area (Å²) in [5.41, 5.74) is -5.34. The minimum Gasteiger partial charge on any atom is -0.627 e. The van der Waals surface area contributed by atoms with E-state index in [1.54, 1.807) is 0 Å². The lowest BCUT2D eigenvalue weighted by Gasteiger charge is -2.35. The number of rotatable bonds is 6. The van der Waals surface area contributed by atoms with Gasteiger partial charge in [-0.2, -0.15) is 26.1 Å². The Morgan fingerprint density at radius 3 is 1.58 bits per heavy atom. The van der Waals surface area contributed by atoms with Gasteiger partial charge in [-0.25, -0.2) is 31.0 Å². The largest absolute Gasteiger partial charge is 0.627 e. The van der Waals surface area contributed by atoms with Crippen LogP contribution in [0.15, 0.2) is 29.3 Å². The molecule has 19 heteroatoms. The second-order valence-electron chi connectivity index (χ2n) is 6.64. The lowest BCUT2D eigenvalue weighted by atomic mass is 10.0. The van der Waals surface area contributed by atoms with E-state index in [4.69, 9.17) is 11.6 Å². The van der Waals surface area contributed by atoms with Crippen molar-refractivity contribution in [2.75, 3.05) is 0 Å². The average Bonchev–Trinajstić information content (AvgIpc) is 2.74. The Labute approximate surface area is 186 Å². The first kappa shape index (κ1) is 25.3. The maximum absolute atomic E-state index is 13.2. The third kappa shape index (κ3) is 4.70. The molecule has 0 saturated carbocycles. The van der Waals surface area contributed by atoms with Crippen LogP contribution in [0, 0.1) is 31.2 Å². The summed E-state index contributed by atoms with van der Waals surface area (Å²) < 4.78 is 0. The number of hydrogen-bond donors (Lipinski definition) is 11. The number of fused-ring (bicyclic) bond motifs is 1. The van der Waals surface area contributed by atoms with Gasteiger partial charge in [0, 0.05) is 0 Å². The summed E-state index contributed by atoms with van der Waals surface area (Å²) in [6.07, 6.45) is -1.93. The van der Waals surface area contributed by atoms with E-state index in [9.17, 15) is 57.3 Å². The van der Waals surface area contributed by atoms with Crippen LogP contribution >= 0.6 is 11.6 Å². The van der Waals surface area contributed by atoms with Gasteiger partial charge < -0.3 is 36.3 Å². The molecule has 0 aromatic heterocycles. The molecule has 0 aliphatic carbocycles. The molecule has 0 amide bonds. The van der Waals surface area contributed by atoms with Crippen molar-refractivity contribution in [1.82, 2.24) is 0 Å². The molecule has 2 aromatic rings. The molecule has 2 aromatic carbocycles. The van der Waals surface area contributed by atoms with Gasteiger partial charge in [-0.1, -0.05) is 11.6 Å². The number of nitrogens with one attached hydrogen (secondary N) is 6. The summed E-state index contributed by atoms with van der Waals surface area (Å²) in [5.74, 6) is 0. The molecule has 3 rings (SSSR count). The van der Waals surface area contributed by atoms with Crippen molar-refractivity contribution in [3.05, 3.63) is 66.6 Å². The summed E-state index contributed by atoms with van der Waals surface area (Å²) >= 11 is 6.08. The highest BCUT2D eigenvalue weighted by Gasteiger charge is 2.40. The maximum Gasteiger partial charge on any atom is 0.225 e. The molecule has 1 aliphatic heterocycles. The molecular formula is C14H16ClN7O11. The normalized spacial score (nSPS) is 22.7. The first-order valence-electron chi connectivity index (χ1n) is 8.65. The zero-order chi connectivity index (χ0) is 24.8. The molecule has 7 unspecified atom stereocenters. The van der Waals surface area contributed by atoms with Crippen molar-refractivity contribution < 1.29 is 57.2 Å². The fourth-order valence-electron chi connectivity index (χ4n) is 3.36. The summed E-state index contributed by atoms with van der Waals surface area (Å²) in [5, 5.41) is 108. The van der Waals surface area contributed by atoms with Crippen molar-refractivity contribution in [2.24, 2.45) is 4.99 Å². The van der Waals surface area contributed by atoms with Gasteiger partial charge >= 0.3 is 0 Å². The smallest absolute Gasteiger partial charge is 0.225 e. The Bertz CT molecular complexity index is 1050. The fraction of sp³-hybridized carbons (Fsp3) is 0.0714. The number of hydrogen-bond acceptors (Lipinski definition) is 12. The third-order valence-corrected chi connectivity index (χ3v) is 5.03. The predicted octanol–water partition coefficient (Wildman–Crippen LogP) is -5.58. The van der Waals surface area contributed by atoms with E-state index in [2.05, 4.69) is 4.99 Å². The van der Waals surface area contributed by atoms with Crippen LogP contribution in [0.1, 0.15) is 17.3 Å². The van der Waals surface area contributed by atoms with Crippen molar-refractivity contribution in [3.8, 4) is 0 Å². The zero-order valence-electron chi connectivity index (χ0n) is 15.9. The van der Waals surface area contributed by atoms with Crippen LogP contribution in [-0.2, 0) is 0 Å². The van der Waals surface area contributed by atoms with Gasteiger partial charge in [-0.05, 0) is 0 Å². The topological polar surface area (TPSA) is 279 Å². The van der Waals surface area contributed by atoms with Crippen LogP contribution < -0.4 is 31.2 Å². The molecule has 1 aliphatic rings. The highest BCUT2D eigenvalue weighted by atomic mass is 35.5. The number of quaternary nitrogens is 6. The summed E-state index contributed by atoms with van der Waals surface area (Å²) in [7, 11) is 0. The standard InChI is InChI=1S/C14H16ClN7O11/c15-13-11-7(1-5(18(24)25)2-8(11)20(28)29)17(23)14(16-13)12-9(21(30)31)3-6(19(26)27)4-10(12)22(32)33/h1-4,14,17-22,24,26,28,30,32H. The maximum atomic E-state index is 13.2. The van der Waals surface area contributed by atoms with Gasteiger partial charge in [-0.3, -0.25) is 0 Å². The Morgan fingerprint density at radius 1 is 0.727 bits per heavy atom. The van der Waals surface area contributed by atoms with Crippen molar-refractivity contribution >= 4 is 50.9 Å². The highest BCUT2D eigenvalue weighted by molar-refractivity contribution is 6.70. The Morgan fingerprint density at radius 2 is 1.15 bits per heavy atom. The van der Waals surface area contributed by atoms with Crippen molar-refractivity contribution in [3.63, 3.8) is 0 Å². The van der Waals surface area contributed by atoms with E-state index >= 15 is 0 Å².